The van der Waals surface area contributed by atoms with Crippen LogP contribution in [0.3, 0.4) is 0 Å². The number of hydrogen-bond acceptors (Lipinski definition) is 5. The van der Waals surface area contributed by atoms with Crippen molar-refractivity contribution in [3.05, 3.63) is 54.1 Å². The molecule has 3 N–H and O–H groups in total. The molecule has 0 spiro atoms. The lowest BCUT2D eigenvalue weighted by atomic mass is 10.0. The maximum absolute atomic E-state index is 12.9. The molecule has 0 unspecified atom stereocenters. The van der Waals surface area contributed by atoms with Gasteiger partial charge in [0, 0.05) is 37.0 Å². The SMILES string of the molecule is CCN(CC)S(=O)(=O)c1cccc(C(=O)N[C@H](C(=O)Nc2ccc(NC(C)=O)cc2)C(C)C)c1. The van der Waals surface area contributed by atoms with Crippen molar-refractivity contribution < 1.29 is 22.8 Å². The second-order valence-corrected chi connectivity index (χ2v) is 10.00. The molecule has 0 fully saturated rings. The monoisotopic (exact) mass is 488 g/mol. The molecule has 0 aliphatic carbocycles. The van der Waals surface area contributed by atoms with Crippen LogP contribution in [0.25, 0.3) is 0 Å². The number of nitrogens with one attached hydrogen (secondary N) is 3. The van der Waals surface area contributed by atoms with E-state index < -0.39 is 27.9 Å². The third-order valence-electron chi connectivity index (χ3n) is 5.15. The van der Waals surface area contributed by atoms with E-state index in [9.17, 15) is 22.8 Å². The van der Waals surface area contributed by atoms with Crippen LogP contribution in [0.4, 0.5) is 11.4 Å². The van der Waals surface area contributed by atoms with Gasteiger partial charge in [0.2, 0.25) is 21.8 Å². The Hall–Kier alpha value is -3.24. The van der Waals surface area contributed by atoms with E-state index in [-0.39, 0.29) is 22.3 Å². The third kappa shape index (κ3) is 6.88. The van der Waals surface area contributed by atoms with Crippen molar-refractivity contribution in [2.45, 2.75) is 45.6 Å². The maximum Gasteiger partial charge on any atom is 0.251 e. The summed E-state index contributed by atoms with van der Waals surface area (Å²) >= 11 is 0. The Labute approximate surface area is 201 Å². The van der Waals surface area contributed by atoms with Gasteiger partial charge in [0.05, 0.1) is 4.90 Å². The van der Waals surface area contributed by atoms with Crippen LogP contribution in [-0.4, -0.2) is 49.6 Å². The molecule has 0 heterocycles. The Kier molecular flexibility index (Phi) is 9.34. The predicted molar refractivity (Wildman–Crippen MR) is 132 cm³/mol. The van der Waals surface area contributed by atoms with E-state index in [1.54, 1.807) is 52.0 Å². The highest BCUT2D eigenvalue weighted by Crippen LogP contribution is 2.18. The number of hydrogen-bond donors (Lipinski definition) is 3. The molecule has 3 amide bonds. The fraction of sp³-hybridized carbons (Fsp3) is 0.375. The van der Waals surface area contributed by atoms with Crippen molar-refractivity contribution in [2.75, 3.05) is 23.7 Å². The highest BCUT2D eigenvalue weighted by atomic mass is 32.2. The Morgan fingerprint density at radius 2 is 1.47 bits per heavy atom. The van der Waals surface area contributed by atoms with E-state index in [4.69, 9.17) is 0 Å². The second kappa shape index (κ2) is 11.8. The molecular weight excluding hydrogens is 456 g/mol. The molecule has 2 aromatic carbocycles. The number of carbonyl (C=O) groups excluding carboxylic acids is 3. The standard InChI is InChI=1S/C24H32N4O5S/c1-6-28(7-2)34(32,33)21-10-8-9-18(15-21)23(30)27-22(16(3)4)24(31)26-20-13-11-19(12-14-20)25-17(5)29/h8-16,22H,6-7H2,1-5H3,(H,25,29)(H,26,31)(H,27,30)/t22-/m0/s1. The average molecular weight is 489 g/mol. The van der Waals surface area contributed by atoms with Crippen LogP contribution < -0.4 is 16.0 Å². The van der Waals surface area contributed by atoms with E-state index in [0.29, 0.717) is 24.5 Å². The van der Waals surface area contributed by atoms with Crippen LogP contribution in [0.15, 0.2) is 53.4 Å². The van der Waals surface area contributed by atoms with Crippen LogP contribution in [-0.2, 0) is 19.6 Å². The summed E-state index contributed by atoms with van der Waals surface area (Å²) in [5, 5.41) is 8.11. The molecule has 10 heteroatoms. The van der Waals surface area contributed by atoms with Gasteiger partial charge in [0.15, 0.2) is 0 Å². The fourth-order valence-electron chi connectivity index (χ4n) is 3.33. The third-order valence-corrected chi connectivity index (χ3v) is 7.19. The molecule has 0 aromatic heterocycles. The van der Waals surface area contributed by atoms with Gasteiger partial charge in [-0.2, -0.15) is 4.31 Å². The number of sulfonamides is 1. The first kappa shape index (κ1) is 27.0. The largest absolute Gasteiger partial charge is 0.340 e. The van der Waals surface area contributed by atoms with Gasteiger partial charge < -0.3 is 16.0 Å². The van der Waals surface area contributed by atoms with Crippen molar-refractivity contribution in [3.8, 4) is 0 Å². The molecule has 0 radical (unpaired) electrons. The molecular formula is C24H32N4O5S. The first-order chi connectivity index (χ1) is 16.0. The highest BCUT2D eigenvalue weighted by Gasteiger charge is 2.26. The van der Waals surface area contributed by atoms with Crippen LogP contribution in [0, 0.1) is 5.92 Å². The smallest absolute Gasteiger partial charge is 0.251 e. The second-order valence-electron chi connectivity index (χ2n) is 8.06. The van der Waals surface area contributed by atoms with Crippen molar-refractivity contribution >= 4 is 39.1 Å². The average Bonchev–Trinajstić information content (AvgIpc) is 2.78. The molecule has 0 saturated carbocycles. The van der Waals surface area contributed by atoms with E-state index >= 15 is 0 Å². The lowest BCUT2D eigenvalue weighted by Gasteiger charge is -2.22. The van der Waals surface area contributed by atoms with E-state index in [1.165, 1.54) is 35.5 Å². The van der Waals surface area contributed by atoms with Crippen LogP contribution >= 0.6 is 0 Å². The molecule has 0 aliphatic heterocycles. The summed E-state index contributed by atoms with van der Waals surface area (Å²) in [6, 6.07) is 11.5. The van der Waals surface area contributed by atoms with Gasteiger partial charge in [-0.1, -0.05) is 33.8 Å². The van der Waals surface area contributed by atoms with Gasteiger partial charge in [-0.3, -0.25) is 14.4 Å². The molecule has 0 aliphatic rings. The molecule has 184 valence electrons. The summed E-state index contributed by atoms with van der Waals surface area (Å²) in [6.07, 6.45) is 0. The molecule has 0 saturated heterocycles. The first-order valence-corrected chi connectivity index (χ1v) is 12.5. The minimum absolute atomic E-state index is 0.0219. The summed E-state index contributed by atoms with van der Waals surface area (Å²) in [7, 11) is -3.72. The molecule has 0 bridgehead atoms. The van der Waals surface area contributed by atoms with E-state index in [2.05, 4.69) is 16.0 Å². The summed E-state index contributed by atoms with van der Waals surface area (Å²) in [5.41, 5.74) is 1.25. The molecule has 2 aromatic rings. The zero-order valence-electron chi connectivity index (χ0n) is 20.1. The maximum atomic E-state index is 12.9. The van der Waals surface area contributed by atoms with Crippen LogP contribution in [0.1, 0.15) is 45.0 Å². The van der Waals surface area contributed by atoms with Crippen molar-refractivity contribution in [2.24, 2.45) is 5.92 Å². The zero-order valence-corrected chi connectivity index (χ0v) is 20.9. The number of carbonyl (C=O) groups is 3. The number of rotatable bonds is 10. The number of benzene rings is 2. The Balaban J connectivity index is 2.17. The normalized spacial score (nSPS) is 12.3. The lowest BCUT2D eigenvalue weighted by molar-refractivity contribution is -0.119. The summed E-state index contributed by atoms with van der Waals surface area (Å²) in [5.74, 6) is -1.40. The molecule has 9 nitrogen and oxygen atoms in total. The first-order valence-electron chi connectivity index (χ1n) is 11.1. The van der Waals surface area contributed by atoms with Crippen LogP contribution in [0.2, 0.25) is 0 Å². The fourth-order valence-corrected chi connectivity index (χ4v) is 4.83. The van der Waals surface area contributed by atoms with Crippen molar-refractivity contribution in [1.29, 1.82) is 0 Å². The summed E-state index contributed by atoms with van der Waals surface area (Å²) in [6.45, 7) is 9.12. The van der Waals surface area contributed by atoms with Gasteiger partial charge in [-0.15, -0.1) is 0 Å². The summed E-state index contributed by atoms with van der Waals surface area (Å²) < 4.78 is 26.9. The Morgan fingerprint density at radius 3 is 1.97 bits per heavy atom. The van der Waals surface area contributed by atoms with Gasteiger partial charge in [-0.05, 0) is 48.4 Å². The van der Waals surface area contributed by atoms with Gasteiger partial charge in [0.1, 0.15) is 6.04 Å². The van der Waals surface area contributed by atoms with Gasteiger partial charge >= 0.3 is 0 Å². The van der Waals surface area contributed by atoms with E-state index in [0.717, 1.165) is 0 Å². The Bertz CT molecular complexity index is 1130. The molecule has 2 rings (SSSR count). The lowest BCUT2D eigenvalue weighted by Crippen LogP contribution is -2.47. The minimum Gasteiger partial charge on any atom is -0.340 e. The highest BCUT2D eigenvalue weighted by molar-refractivity contribution is 7.89. The predicted octanol–water partition coefficient (Wildman–Crippen LogP) is 3.07. The number of amides is 3. The minimum atomic E-state index is -3.72. The molecule has 1 atom stereocenters. The van der Waals surface area contributed by atoms with Crippen molar-refractivity contribution in [3.63, 3.8) is 0 Å². The topological polar surface area (TPSA) is 125 Å². The van der Waals surface area contributed by atoms with Gasteiger partial charge in [-0.25, -0.2) is 8.42 Å². The number of nitrogens with zero attached hydrogens (tertiary/aromatic N) is 1. The Morgan fingerprint density at radius 1 is 0.912 bits per heavy atom. The van der Waals surface area contributed by atoms with E-state index in [1.807, 2.05) is 0 Å². The van der Waals surface area contributed by atoms with Gasteiger partial charge in [0.25, 0.3) is 5.91 Å². The number of anilines is 2. The van der Waals surface area contributed by atoms with Crippen LogP contribution in [0.5, 0.6) is 0 Å². The summed E-state index contributed by atoms with van der Waals surface area (Å²) in [4.78, 5) is 37.0. The van der Waals surface area contributed by atoms with Crippen molar-refractivity contribution in [1.82, 2.24) is 9.62 Å². The zero-order chi connectivity index (χ0) is 25.5. The quantitative estimate of drug-likeness (QED) is 0.474. The molecule has 34 heavy (non-hydrogen) atoms.